The molecule has 3 aromatic rings. The summed E-state index contributed by atoms with van der Waals surface area (Å²) < 4.78 is 11.3. The molecule has 1 atom stereocenters. The number of benzene rings is 1. The van der Waals surface area contributed by atoms with Crippen LogP contribution in [-0.2, 0) is 6.42 Å². The number of nitrogens with one attached hydrogen (secondary N) is 1. The predicted molar refractivity (Wildman–Crippen MR) is 119 cm³/mol. The van der Waals surface area contributed by atoms with Gasteiger partial charge in [-0.1, -0.05) is 12.1 Å². The van der Waals surface area contributed by atoms with Crippen LogP contribution in [0.2, 0.25) is 0 Å². The Morgan fingerprint density at radius 3 is 2.55 bits per heavy atom. The molecule has 3 rings (SSSR count). The lowest BCUT2D eigenvalue weighted by atomic mass is 10.0. The van der Waals surface area contributed by atoms with Gasteiger partial charge in [0, 0.05) is 22.9 Å². The standard InChI is InChI=1S/C23H30N4O4/c1-6-16-9-17(7-14(4)21(16)30-12-19(29)11-28)22-26-23(31-27-22)18-8-15(5)25-20(10-18)24-13(2)3/h7-10,13,19,28-29H,6,11-12H2,1-5H3,(H,24,25). The van der Waals surface area contributed by atoms with Crippen LogP contribution in [0.25, 0.3) is 22.8 Å². The summed E-state index contributed by atoms with van der Waals surface area (Å²) in [6.07, 6.45) is -0.181. The maximum absolute atomic E-state index is 9.59. The maximum Gasteiger partial charge on any atom is 0.258 e. The molecular weight excluding hydrogens is 396 g/mol. The number of aliphatic hydroxyl groups excluding tert-OH is 2. The van der Waals surface area contributed by atoms with Gasteiger partial charge in [-0.25, -0.2) is 4.98 Å². The number of rotatable bonds is 9. The Labute approximate surface area is 182 Å². The third kappa shape index (κ3) is 5.59. The van der Waals surface area contributed by atoms with Gasteiger partial charge in [-0.05, 0) is 69.5 Å². The van der Waals surface area contributed by atoms with Crippen LogP contribution in [0, 0.1) is 13.8 Å². The molecule has 0 saturated heterocycles. The van der Waals surface area contributed by atoms with Crippen LogP contribution < -0.4 is 10.1 Å². The maximum atomic E-state index is 9.59. The smallest absolute Gasteiger partial charge is 0.258 e. The second-order valence-electron chi connectivity index (χ2n) is 7.89. The van der Waals surface area contributed by atoms with E-state index in [0.29, 0.717) is 17.5 Å². The van der Waals surface area contributed by atoms with E-state index in [1.54, 1.807) is 0 Å². The zero-order chi connectivity index (χ0) is 22.5. The Kier molecular flexibility index (Phi) is 7.25. The molecule has 1 unspecified atom stereocenters. The van der Waals surface area contributed by atoms with Gasteiger partial charge in [-0.2, -0.15) is 4.98 Å². The predicted octanol–water partition coefficient (Wildman–Crippen LogP) is 3.53. The summed E-state index contributed by atoms with van der Waals surface area (Å²) in [4.78, 5) is 9.09. The van der Waals surface area contributed by atoms with Crippen molar-refractivity contribution in [2.75, 3.05) is 18.5 Å². The summed E-state index contributed by atoms with van der Waals surface area (Å²) in [5, 5.41) is 26.1. The molecule has 3 N–H and O–H groups in total. The summed E-state index contributed by atoms with van der Waals surface area (Å²) >= 11 is 0. The van der Waals surface area contributed by atoms with Crippen molar-refractivity contribution < 1.29 is 19.5 Å². The highest BCUT2D eigenvalue weighted by molar-refractivity contribution is 5.65. The van der Waals surface area contributed by atoms with Crippen molar-refractivity contribution in [1.82, 2.24) is 15.1 Å². The molecule has 2 aromatic heterocycles. The third-order valence-corrected chi connectivity index (χ3v) is 4.68. The molecule has 0 saturated carbocycles. The van der Waals surface area contributed by atoms with Crippen LogP contribution in [0.3, 0.4) is 0 Å². The fraction of sp³-hybridized carbons (Fsp3) is 0.435. The van der Waals surface area contributed by atoms with Crippen LogP contribution in [0.4, 0.5) is 5.82 Å². The van der Waals surface area contributed by atoms with Gasteiger partial charge in [-0.3, -0.25) is 0 Å². The highest BCUT2D eigenvalue weighted by atomic mass is 16.5. The first kappa shape index (κ1) is 22.7. The van der Waals surface area contributed by atoms with Crippen LogP contribution in [0.15, 0.2) is 28.8 Å². The number of nitrogens with zero attached hydrogens (tertiary/aromatic N) is 3. The molecule has 0 amide bonds. The van der Waals surface area contributed by atoms with E-state index in [4.69, 9.17) is 14.4 Å². The van der Waals surface area contributed by atoms with Crippen molar-refractivity contribution >= 4 is 5.82 Å². The molecular formula is C23H30N4O4. The lowest BCUT2D eigenvalue weighted by Gasteiger charge is -2.16. The Balaban J connectivity index is 1.90. The van der Waals surface area contributed by atoms with Crippen molar-refractivity contribution in [1.29, 1.82) is 0 Å². The highest BCUT2D eigenvalue weighted by Crippen LogP contribution is 2.31. The minimum atomic E-state index is -0.914. The van der Waals surface area contributed by atoms with E-state index in [-0.39, 0.29) is 19.3 Å². The highest BCUT2D eigenvalue weighted by Gasteiger charge is 2.17. The Bertz CT molecular complexity index is 1030. The third-order valence-electron chi connectivity index (χ3n) is 4.68. The molecule has 0 aliphatic rings. The summed E-state index contributed by atoms with van der Waals surface area (Å²) in [5.41, 5.74) is 4.35. The van der Waals surface area contributed by atoms with E-state index in [0.717, 1.165) is 40.2 Å². The van der Waals surface area contributed by atoms with Crippen molar-refractivity contribution in [3.05, 3.63) is 41.1 Å². The Hall–Kier alpha value is -2.97. The first-order valence-corrected chi connectivity index (χ1v) is 10.5. The number of hydrogen-bond donors (Lipinski definition) is 3. The monoisotopic (exact) mass is 426 g/mol. The average Bonchev–Trinajstić information content (AvgIpc) is 3.21. The van der Waals surface area contributed by atoms with Crippen molar-refractivity contribution in [3.8, 4) is 28.6 Å². The van der Waals surface area contributed by atoms with Crippen LogP contribution in [0.1, 0.15) is 37.6 Å². The average molecular weight is 427 g/mol. The normalized spacial score (nSPS) is 12.3. The number of anilines is 1. The Morgan fingerprint density at radius 2 is 1.87 bits per heavy atom. The van der Waals surface area contributed by atoms with Gasteiger partial charge in [0.2, 0.25) is 5.82 Å². The Morgan fingerprint density at radius 1 is 1.10 bits per heavy atom. The summed E-state index contributed by atoms with van der Waals surface area (Å²) in [7, 11) is 0. The zero-order valence-corrected chi connectivity index (χ0v) is 18.6. The van der Waals surface area contributed by atoms with Crippen LogP contribution >= 0.6 is 0 Å². The summed E-state index contributed by atoms with van der Waals surface area (Å²) in [5.74, 6) is 2.38. The van der Waals surface area contributed by atoms with E-state index < -0.39 is 6.10 Å². The van der Waals surface area contributed by atoms with Crippen molar-refractivity contribution in [3.63, 3.8) is 0 Å². The molecule has 0 aliphatic carbocycles. The van der Waals surface area contributed by atoms with Gasteiger partial charge in [0.25, 0.3) is 5.89 Å². The topological polar surface area (TPSA) is 114 Å². The van der Waals surface area contributed by atoms with Crippen molar-refractivity contribution in [2.45, 2.75) is 53.2 Å². The second-order valence-corrected chi connectivity index (χ2v) is 7.89. The first-order valence-electron chi connectivity index (χ1n) is 10.5. The van der Waals surface area contributed by atoms with E-state index in [2.05, 4.69) is 34.3 Å². The number of aryl methyl sites for hydroxylation is 3. The minimum absolute atomic E-state index is 0.0319. The second kappa shape index (κ2) is 9.89. The zero-order valence-electron chi connectivity index (χ0n) is 18.6. The molecule has 1 aromatic carbocycles. The van der Waals surface area contributed by atoms with Crippen molar-refractivity contribution in [2.24, 2.45) is 0 Å². The molecule has 8 heteroatoms. The van der Waals surface area contributed by atoms with Gasteiger partial charge in [0.05, 0.1) is 6.61 Å². The van der Waals surface area contributed by atoms with E-state index in [9.17, 15) is 5.11 Å². The van der Waals surface area contributed by atoms with E-state index >= 15 is 0 Å². The summed E-state index contributed by atoms with van der Waals surface area (Å²) in [6, 6.07) is 7.96. The van der Waals surface area contributed by atoms with Gasteiger partial charge in [-0.15, -0.1) is 0 Å². The number of aromatic nitrogens is 3. The molecule has 0 aliphatic heterocycles. The number of hydrogen-bond acceptors (Lipinski definition) is 8. The van der Waals surface area contributed by atoms with Gasteiger partial charge < -0.3 is 24.8 Å². The van der Waals surface area contributed by atoms with Crippen LogP contribution in [0.5, 0.6) is 5.75 Å². The molecule has 0 radical (unpaired) electrons. The lowest BCUT2D eigenvalue weighted by Crippen LogP contribution is -2.22. The molecule has 166 valence electrons. The van der Waals surface area contributed by atoms with E-state index in [1.165, 1.54) is 0 Å². The fourth-order valence-electron chi connectivity index (χ4n) is 3.30. The molecule has 31 heavy (non-hydrogen) atoms. The van der Waals surface area contributed by atoms with Gasteiger partial charge in [0.1, 0.15) is 24.3 Å². The van der Waals surface area contributed by atoms with Crippen LogP contribution in [-0.4, -0.2) is 50.7 Å². The molecule has 2 heterocycles. The molecule has 0 spiro atoms. The van der Waals surface area contributed by atoms with Gasteiger partial charge >= 0.3 is 0 Å². The fourth-order valence-corrected chi connectivity index (χ4v) is 3.30. The minimum Gasteiger partial charge on any atom is -0.490 e. The number of aliphatic hydroxyl groups is 2. The quantitative estimate of drug-likeness (QED) is 0.476. The molecule has 8 nitrogen and oxygen atoms in total. The summed E-state index contributed by atoms with van der Waals surface area (Å²) in [6.45, 7) is 9.69. The number of ether oxygens (including phenoxy) is 1. The first-order chi connectivity index (χ1) is 14.8. The largest absolute Gasteiger partial charge is 0.490 e. The lowest BCUT2D eigenvalue weighted by molar-refractivity contribution is 0.0531. The van der Waals surface area contributed by atoms with E-state index in [1.807, 2.05) is 45.0 Å². The molecule has 0 bridgehead atoms. The van der Waals surface area contributed by atoms with Gasteiger partial charge in [0.15, 0.2) is 0 Å². The number of pyridine rings is 1. The molecule has 0 fully saturated rings. The SMILES string of the molecule is CCc1cc(-c2noc(-c3cc(C)nc(NC(C)C)c3)n2)cc(C)c1OCC(O)CO.